The number of carbonyl (C=O) groups is 2. The predicted molar refractivity (Wildman–Crippen MR) is 52.4 cm³/mol. The first kappa shape index (κ1) is 11.9. The van der Waals surface area contributed by atoms with E-state index < -0.39 is 5.97 Å². The molecule has 2 unspecified atom stereocenters. The van der Waals surface area contributed by atoms with Gasteiger partial charge < -0.3 is 20.5 Å². The van der Waals surface area contributed by atoms with E-state index in [1.807, 2.05) is 6.92 Å². The minimum absolute atomic E-state index is 0.0104. The molecule has 86 valence electrons. The fourth-order valence-electron chi connectivity index (χ4n) is 1.57. The van der Waals surface area contributed by atoms with Crippen molar-refractivity contribution in [1.29, 1.82) is 0 Å². The van der Waals surface area contributed by atoms with E-state index in [-0.39, 0.29) is 24.4 Å². The van der Waals surface area contributed by atoms with E-state index >= 15 is 0 Å². The first-order chi connectivity index (χ1) is 7.15. The van der Waals surface area contributed by atoms with Gasteiger partial charge in [-0.05, 0) is 6.54 Å². The lowest BCUT2D eigenvalue weighted by molar-refractivity contribution is -0.138. The number of hydrogen-bond acceptors (Lipinski definition) is 4. The Morgan fingerprint density at radius 1 is 1.47 bits per heavy atom. The molecule has 15 heavy (non-hydrogen) atoms. The molecule has 6 nitrogen and oxygen atoms in total. The summed E-state index contributed by atoms with van der Waals surface area (Å²) in [4.78, 5) is 21.8. The molecular formula is C9H16N2O4. The normalized spacial score (nSPS) is 25.1. The van der Waals surface area contributed by atoms with Gasteiger partial charge in [0, 0.05) is 6.04 Å². The fourth-order valence-corrected chi connectivity index (χ4v) is 1.57. The van der Waals surface area contributed by atoms with Gasteiger partial charge in [0.25, 0.3) is 0 Å². The lowest BCUT2D eigenvalue weighted by atomic mass is 10.0. The lowest BCUT2D eigenvalue weighted by Crippen LogP contribution is -2.45. The van der Waals surface area contributed by atoms with Crippen LogP contribution in [0.1, 0.15) is 6.92 Å². The van der Waals surface area contributed by atoms with Crippen LogP contribution in [0.25, 0.3) is 0 Å². The second-order valence-corrected chi connectivity index (χ2v) is 3.42. The SMILES string of the molecule is CCNC1COCC1C(=O)NCC(=O)O. The van der Waals surface area contributed by atoms with Gasteiger partial charge in [-0.2, -0.15) is 0 Å². The van der Waals surface area contributed by atoms with Crippen molar-refractivity contribution in [3.8, 4) is 0 Å². The zero-order valence-electron chi connectivity index (χ0n) is 8.66. The molecule has 0 bridgehead atoms. The molecule has 1 amide bonds. The third-order valence-electron chi connectivity index (χ3n) is 2.30. The van der Waals surface area contributed by atoms with Crippen molar-refractivity contribution < 1.29 is 19.4 Å². The average molecular weight is 216 g/mol. The van der Waals surface area contributed by atoms with E-state index in [1.165, 1.54) is 0 Å². The van der Waals surface area contributed by atoms with Crippen LogP contribution in [0, 0.1) is 5.92 Å². The Morgan fingerprint density at radius 2 is 2.20 bits per heavy atom. The van der Waals surface area contributed by atoms with Gasteiger partial charge in [-0.1, -0.05) is 6.92 Å². The molecule has 0 saturated carbocycles. The second-order valence-electron chi connectivity index (χ2n) is 3.42. The van der Waals surface area contributed by atoms with Gasteiger partial charge in [-0.15, -0.1) is 0 Å². The lowest BCUT2D eigenvalue weighted by Gasteiger charge is -2.16. The maximum Gasteiger partial charge on any atom is 0.322 e. The van der Waals surface area contributed by atoms with Crippen LogP contribution in [0.2, 0.25) is 0 Å². The molecule has 1 aliphatic rings. The molecule has 3 N–H and O–H groups in total. The molecule has 1 saturated heterocycles. The van der Waals surface area contributed by atoms with Crippen LogP contribution in [0.15, 0.2) is 0 Å². The molecule has 0 aromatic carbocycles. The van der Waals surface area contributed by atoms with Crippen LogP contribution in [0.4, 0.5) is 0 Å². The number of carboxylic acid groups (broad SMARTS) is 1. The number of ether oxygens (including phenoxy) is 1. The fraction of sp³-hybridized carbons (Fsp3) is 0.778. The highest BCUT2D eigenvalue weighted by atomic mass is 16.5. The van der Waals surface area contributed by atoms with Crippen molar-refractivity contribution in [2.75, 3.05) is 26.3 Å². The summed E-state index contributed by atoms with van der Waals surface area (Å²) >= 11 is 0. The smallest absolute Gasteiger partial charge is 0.322 e. The first-order valence-corrected chi connectivity index (χ1v) is 4.95. The minimum atomic E-state index is -1.04. The zero-order chi connectivity index (χ0) is 11.3. The van der Waals surface area contributed by atoms with Crippen LogP contribution in [-0.4, -0.2) is 49.3 Å². The van der Waals surface area contributed by atoms with Gasteiger partial charge in [-0.3, -0.25) is 9.59 Å². The molecule has 2 atom stereocenters. The number of amides is 1. The number of carboxylic acids is 1. The Morgan fingerprint density at radius 3 is 2.80 bits per heavy atom. The molecule has 1 rings (SSSR count). The van der Waals surface area contributed by atoms with Gasteiger partial charge in [0.1, 0.15) is 6.54 Å². The first-order valence-electron chi connectivity index (χ1n) is 4.95. The van der Waals surface area contributed by atoms with Gasteiger partial charge in [0.05, 0.1) is 19.1 Å². The number of carbonyl (C=O) groups excluding carboxylic acids is 1. The van der Waals surface area contributed by atoms with Crippen molar-refractivity contribution in [3.63, 3.8) is 0 Å². The standard InChI is InChI=1S/C9H16N2O4/c1-2-10-7-5-15-4-6(7)9(14)11-3-8(12)13/h6-7,10H,2-5H2,1H3,(H,11,14)(H,12,13). The monoisotopic (exact) mass is 216 g/mol. The molecule has 0 aromatic rings. The van der Waals surface area contributed by atoms with Gasteiger partial charge in [-0.25, -0.2) is 0 Å². The van der Waals surface area contributed by atoms with E-state index in [0.29, 0.717) is 13.2 Å². The third kappa shape index (κ3) is 3.49. The maximum absolute atomic E-state index is 11.5. The quantitative estimate of drug-likeness (QED) is 0.538. The zero-order valence-corrected chi connectivity index (χ0v) is 8.66. The van der Waals surface area contributed by atoms with E-state index in [2.05, 4.69) is 10.6 Å². The predicted octanol–water partition coefficient (Wildman–Crippen LogP) is -1.19. The van der Waals surface area contributed by atoms with E-state index in [0.717, 1.165) is 6.54 Å². The molecule has 0 radical (unpaired) electrons. The number of rotatable bonds is 5. The van der Waals surface area contributed by atoms with Crippen molar-refractivity contribution in [3.05, 3.63) is 0 Å². The Bertz CT molecular complexity index is 244. The summed E-state index contributed by atoms with van der Waals surface area (Å²) in [5, 5.41) is 13.9. The maximum atomic E-state index is 11.5. The number of hydrogen-bond donors (Lipinski definition) is 3. The van der Waals surface area contributed by atoms with E-state index in [9.17, 15) is 9.59 Å². The van der Waals surface area contributed by atoms with Crippen LogP contribution in [0.5, 0.6) is 0 Å². The molecule has 0 aromatic heterocycles. The summed E-state index contributed by atoms with van der Waals surface area (Å²) in [6.07, 6.45) is 0. The van der Waals surface area contributed by atoms with Crippen molar-refractivity contribution in [1.82, 2.24) is 10.6 Å². The largest absolute Gasteiger partial charge is 0.480 e. The number of likely N-dealkylation sites (N-methyl/N-ethyl adjacent to an activating group) is 1. The highest BCUT2D eigenvalue weighted by Crippen LogP contribution is 2.13. The molecule has 0 aliphatic carbocycles. The number of nitrogens with one attached hydrogen (secondary N) is 2. The van der Waals surface area contributed by atoms with Crippen LogP contribution in [0.3, 0.4) is 0 Å². The van der Waals surface area contributed by atoms with Crippen molar-refractivity contribution in [2.24, 2.45) is 5.92 Å². The summed E-state index contributed by atoms with van der Waals surface area (Å²) in [6.45, 7) is 3.22. The number of aliphatic carboxylic acids is 1. The van der Waals surface area contributed by atoms with E-state index in [1.54, 1.807) is 0 Å². The molecule has 1 aliphatic heterocycles. The summed E-state index contributed by atoms with van der Waals surface area (Å²) < 4.78 is 5.18. The molecule has 0 spiro atoms. The van der Waals surface area contributed by atoms with Crippen LogP contribution >= 0.6 is 0 Å². The van der Waals surface area contributed by atoms with Gasteiger partial charge in [0.2, 0.25) is 5.91 Å². The van der Waals surface area contributed by atoms with Gasteiger partial charge in [0.15, 0.2) is 0 Å². The molecule has 1 fully saturated rings. The summed E-state index contributed by atoms with van der Waals surface area (Å²) in [5.74, 6) is -1.59. The topological polar surface area (TPSA) is 87.7 Å². The highest BCUT2D eigenvalue weighted by Gasteiger charge is 2.33. The summed E-state index contributed by atoms with van der Waals surface area (Å²) in [7, 11) is 0. The Labute approximate surface area is 88.0 Å². The average Bonchev–Trinajstić information content (AvgIpc) is 2.63. The Hall–Kier alpha value is -1.14. The van der Waals surface area contributed by atoms with Gasteiger partial charge >= 0.3 is 5.97 Å². The molecule has 6 heteroatoms. The van der Waals surface area contributed by atoms with Crippen molar-refractivity contribution >= 4 is 11.9 Å². The van der Waals surface area contributed by atoms with Crippen LogP contribution in [-0.2, 0) is 14.3 Å². The Kier molecular flexibility index (Phi) is 4.51. The Balaban J connectivity index is 2.40. The highest BCUT2D eigenvalue weighted by molar-refractivity contribution is 5.83. The van der Waals surface area contributed by atoms with E-state index in [4.69, 9.17) is 9.84 Å². The minimum Gasteiger partial charge on any atom is -0.480 e. The summed E-state index contributed by atoms with van der Waals surface area (Å²) in [6, 6.07) is -0.0104. The van der Waals surface area contributed by atoms with Crippen molar-refractivity contribution in [2.45, 2.75) is 13.0 Å². The van der Waals surface area contributed by atoms with Crippen LogP contribution < -0.4 is 10.6 Å². The molecule has 1 heterocycles. The third-order valence-corrected chi connectivity index (χ3v) is 2.30. The summed E-state index contributed by atoms with van der Waals surface area (Å²) in [5.41, 5.74) is 0. The second kappa shape index (κ2) is 5.67. The molecular weight excluding hydrogens is 200 g/mol.